The second-order valence-electron chi connectivity index (χ2n) is 4.30. The van der Waals surface area contributed by atoms with E-state index >= 15 is 0 Å². The van der Waals surface area contributed by atoms with E-state index in [1.807, 2.05) is 0 Å². The van der Waals surface area contributed by atoms with Crippen molar-refractivity contribution in [3.8, 4) is 5.75 Å². The first-order chi connectivity index (χ1) is 11.3. The number of benzene rings is 1. The number of halogens is 9. The molecule has 0 atom stereocenters. The topological polar surface area (TPSA) is 50.7 Å². The van der Waals surface area contributed by atoms with Crippen LogP contribution in [0.15, 0.2) is 29.4 Å². The molecule has 0 saturated heterocycles. The first kappa shape index (κ1) is 20.6. The lowest BCUT2D eigenvalue weighted by atomic mass is 10.1. The van der Waals surface area contributed by atoms with Crippen molar-refractivity contribution in [2.75, 3.05) is 0 Å². The van der Waals surface area contributed by atoms with Crippen LogP contribution in [0, 0.1) is 0 Å². The molecule has 25 heavy (non-hydrogen) atoms. The molecule has 1 N–H and O–H groups in total. The molecule has 1 amide bonds. The standard InChI is InChI=1S/C12H7F9N2O2/c13-9(14)25-7-3-1-2-6(4-7)5-22-23-8(24)10(15,16)11(17,18)12(19,20)21/h1-5,9H,(H,23,24). The minimum Gasteiger partial charge on any atom is -0.435 e. The molecule has 140 valence electrons. The molecule has 0 aliphatic rings. The van der Waals surface area contributed by atoms with Crippen LogP contribution in [0.3, 0.4) is 0 Å². The number of hydrogen-bond acceptors (Lipinski definition) is 3. The Balaban J connectivity index is 2.84. The van der Waals surface area contributed by atoms with E-state index in [1.54, 1.807) is 0 Å². The molecule has 0 bridgehead atoms. The van der Waals surface area contributed by atoms with Crippen molar-refractivity contribution >= 4 is 12.1 Å². The summed E-state index contributed by atoms with van der Waals surface area (Å²) in [6, 6.07) is 4.31. The number of hydrogen-bond donors (Lipinski definition) is 1. The summed E-state index contributed by atoms with van der Waals surface area (Å²) in [5.41, 5.74) is 0.714. The second kappa shape index (κ2) is 7.19. The van der Waals surface area contributed by atoms with Gasteiger partial charge in [-0.05, 0) is 17.7 Å². The predicted octanol–water partition coefficient (Wildman–Crippen LogP) is 3.57. The van der Waals surface area contributed by atoms with Crippen LogP contribution in [-0.4, -0.2) is 36.8 Å². The maximum atomic E-state index is 13.0. The first-order valence-electron chi connectivity index (χ1n) is 6.00. The van der Waals surface area contributed by atoms with E-state index in [-0.39, 0.29) is 11.3 Å². The number of ether oxygens (including phenoxy) is 1. The maximum Gasteiger partial charge on any atom is 0.460 e. The first-order valence-corrected chi connectivity index (χ1v) is 6.00. The fourth-order valence-electron chi connectivity index (χ4n) is 1.33. The number of carbonyl (C=O) groups excluding carboxylic acids is 1. The Morgan fingerprint density at radius 3 is 2.24 bits per heavy atom. The molecule has 0 aliphatic heterocycles. The van der Waals surface area contributed by atoms with Crippen LogP contribution in [0.5, 0.6) is 5.75 Å². The number of hydrazone groups is 1. The monoisotopic (exact) mass is 382 g/mol. The van der Waals surface area contributed by atoms with Crippen LogP contribution < -0.4 is 10.2 Å². The zero-order valence-corrected chi connectivity index (χ0v) is 11.6. The molecule has 0 unspecified atom stereocenters. The molecular weight excluding hydrogens is 375 g/mol. The number of nitrogens with one attached hydrogen (secondary N) is 1. The lowest BCUT2D eigenvalue weighted by Crippen LogP contribution is -2.58. The number of alkyl halides is 9. The SMILES string of the molecule is O=C(NN=Cc1cccc(OC(F)F)c1)C(F)(F)C(F)(F)C(F)(F)F. The van der Waals surface area contributed by atoms with E-state index in [1.165, 1.54) is 0 Å². The van der Waals surface area contributed by atoms with Gasteiger partial charge in [-0.25, -0.2) is 5.43 Å². The summed E-state index contributed by atoms with van der Waals surface area (Å²) in [5, 5.41) is 2.78. The van der Waals surface area contributed by atoms with Gasteiger partial charge in [-0.3, -0.25) is 4.79 Å². The molecular formula is C12H7F9N2O2. The maximum absolute atomic E-state index is 13.0. The van der Waals surface area contributed by atoms with Crippen LogP contribution >= 0.6 is 0 Å². The highest BCUT2D eigenvalue weighted by molar-refractivity contribution is 5.87. The van der Waals surface area contributed by atoms with Gasteiger partial charge in [-0.15, -0.1) is 0 Å². The summed E-state index contributed by atoms with van der Waals surface area (Å²) < 4.78 is 115. The lowest BCUT2D eigenvalue weighted by molar-refractivity contribution is -0.344. The molecule has 0 spiro atoms. The van der Waals surface area contributed by atoms with Gasteiger partial charge >= 0.3 is 30.5 Å². The van der Waals surface area contributed by atoms with Crippen molar-refractivity contribution < 1.29 is 49.0 Å². The molecule has 0 fully saturated rings. The van der Waals surface area contributed by atoms with E-state index in [9.17, 15) is 44.3 Å². The lowest BCUT2D eigenvalue weighted by Gasteiger charge is -2.26. The third-order valence-electron chi connectivity index (χ3n) is 2.50. The predicted molar refractivity (Wildman–Crippen MR) is 64.8 cm³/mol. The Morgan fingerprint density at radius 1 is 1.12 bits per heavy atom. The van der Waals surface area contributed by atoms with Gasteiger partial charge in [0, 0.05) is 0 Å². The van der Waals surface area contributed by atoms with Crippen molar-refractivity contribution in [3.05, 3.63) is 29.8 Å². The Morgan fingerprint density at radius 2 is 1.72 bits per heavy atom. The molecule has 0 aromatic heterocycles. The van der Waals surface area contributed by atoms with Crippen LogP contribution in [0.4, 0.5) is 39.5 Å². The number of rotatable bonds is 6. The fraction of sp³-hybridized carbons (Fsp3) is 0.333. The number of carbonyl (C=O) groups is 1. The average Bonchev–Trinajstić information content (AvgIpc) is 2.45. The molecule has 0 radical (unpaired) electrons. The van der Waals surface area contributed by atoms with Gasteiger partial charge in [0.05, 0.1) is 6.21 Å². The zero-order valence-electron chi connectivity index (χ0n) is 11.6. The number of nitrogens with zero attached hydrogens (tertiary/aromatic N) is 1. The van der Waals surface area contributed by atoms with Crippen molar-refractivity contribution in [2.24, 2.45) is 5.10 Å². The van der Waals surface area contributed by atoms with Gasteiger partial charge in [-0.1, -0.05) is 12.1 Å². The summed E-state index contributed by atoms with van der Waals surface area (Å²) in [6.45, 7) is -3.17. The third kappa shape index (κ3) is 4.76. The smallest absolute Gasteiger partial charge is 0.435 e. The van der Waals surface area contributed by atoms with Crippen LogP contribution in [0.2, 0.25) is 0 Å². The van der Waals surface area contributed by atoms with Crippen molar-refractivity contribution in [2.45, 2.75) is 24.6 Å². The molecule has 0 aliphatic carbocycles. The van der Waals surface area contributed by atoms with Crippen molar-refractivity contribution in [1.29, 1.82) is 0 Å². The quantitative estimate of drug-likeness (QED) is 0.465. The van der Waals surface area contributed by atoms with E-state index < -0.39 is 30.5 Å². The van der Waals surface area contributed by atoms with E-state index in [0.29, 0.717) is 6.21 Å². The fourth-order valence-corrected chi connectivity index (χ4v) is 1.33. The van der Waals surface area contributed by atoms with Crippen LogP contribution in [-0.2, 0) is 4.79 Å². The Labute approximate surface area is 133 Å². The second-order valence-corrected chi connectivity index (χ2v) is 4.30. The highest BCUT2D eigenvalue weighted by Crippen LogP contribution is 2.46. The van der Waals surface area contributed by atoms with Gasteiger partial charge in [0.15, 0.2) is 0 Å². The molecule has 4 nitrogen and oxygen atoms in total. The molecule has 0 heterocycles. The van der Waals surface area contributed by atoms with Gasteiger partial charge in [-0.2, -0.15) is 44.6 Å². The minimum atomic E-state index is -6.67. The summed E-state index contributed by atoms with van der Waals surface area (Å²) in [6.07, 6.45) is -6.13. The summed E-state index contributed by atoms with van der Waals surface area (Å²) >= 11 is 0. The Kier molecular flexibility index (Phi) is 5.92. The highest BCUT2D eigenvalue weighted by Gasteiger charge is 2.76. The summed E-state index contributed by atoms with van der Waals surface area (Å²) in [5.74, 6) is -16.1. The van der Waals surface area contributed by atoms with Gasteiger partial charge in [0.2, 0.25) is 0 Å². The van der Waals surface area contributed by atoms with Crippen LogP contribution in [0.1, 0.15) is 5.56 Å². The van der Waals surface area contributed by atoms with E-state index in [0.717, 1.165) is 29.7 Å². The van der Waals surface area contributed by atoms with Crippen molar-refractivity contribution in [3.63, 3.8) is 0 Å². The van der Waals surface area contributed by atoms with Crippen molar-refractivity contribution in [1.82, 2.24) is 5.43 Å². The van der Waals surface area contributed by atoms with E-state index in [4.69, 9.17) is 0 Å². The summed E-state index contributed by atoms with van der Waals surface area (Å²) in [7, 11) is 0. The van der Waals surface area contributed by atoms with Gasteiger partial charge < -0.3 is 4.74 Å². The molecule has 1 rings (SSSR count). The molecule has 0 saturated carbocycles. The van der Waals surface area contributed by atoms with Crippen LogP contribution in [0.25, 0.3) is 0 Å². The number of amides is 1. The largest absolute Gasteiger partial charge is 0.460 e. The Hall–Kier alpha value is -2.47. The minimum absolute atomic E-state index is 0.107. The molecule has 1 aromatic carbocycles. The normalized spacial score (nSPS) is 13.4. The summed E-state index contributed by atoms with van der Waals surface area (Å²) in [4.78, 5) is 10.9. The zero-order chi connectivity index (χ0) is 19.5. The van der Waals surface area contributed by atoms with Gasteiger partial charge in [0.25, 0.3) is 0 Å². The third-order valence-corrected chi connectivity index (χ3v) is 2.50. The highest BCUT2D eigenvalue weighted by atomic mass is 19.4. The average molecular weight is 382 g/mol. The van der Waals surface area contributed by atoms with Gasteiger partial charge in [0.1, 0.15) is 5.75 Å². The Bertz CT molecular complexity index is 644. The molecule has 13 heteroatoms. The molecule has 1 aromatic rings. The van der Waals surface area contributed by atoms with E-state index in [2.05, 4.69) is 9.84 Å².